The first-order chi connectivity index (χ1) is 5.59. The van der Waals surface area contributed by atoms with Gasteiger partial charge in [0, 0.05) is 13.8 Å². The second-order valence-electron chi connectivity index (χ2n) is 2.94. The molecule has 0 aliphatic rings. The molecule has 0 aromatic carbocycles. The standard InChI is InChI=1S/C8H14N2O2/c1-4-5-8-9(11)6(2)7(3)10(8)12/h11H,4-5H2,1-3H3. The number of hydrogen-bond donors (Lipinski definition) is 1. The predicted octanol–water partition coefficient (Wildman–Crippen LogP) is 0.928. The van der Waals surface area contributed by atoms with E-state index in [1.165, 1.54) is 0 Å². The van der Waals surface area contributed by atoms with Crippen LogP contribution in [0, 0.1) is 19.1 Å². The van der Waals surface area contributed by atoms with Crippen LogP contribution in [-0.2, 0) is 6.42 Å². The van der Waals surface area contributed by atoms with E-state index in [9.17, 15) is 10.4 Å². The molecular weight excluding hydrogens is 156 g/mol. The first kappa shape index (κ1) is 8.90. The van der Waals surface area contributed by atoms with Gasteiger partial charge in [-0.25, -0.2) is 4.73 Å². The van der Waals surface area contributed by atoms with Crippen LogP contribution in [0.2, 0.25) is 0 Å². The maximum Gasteiger partial charge on any atom is 0.299 e. The van der Waals surface area contributed by atoms with Crippen LogP contribution in [0.1, 0.15) is 30.6 Å². The Balaban J connectivity index is 3.18. The largest absolute Gasteiger partial charge is 0.710 e. The smallest absolute Gasteiger partial charge is 0.299 e. The minimum absolute atomic E-state index is 0.424. The summed E-state index contributed by atoms with van der Waals surface area (Å²) in [5.74, 6) is 0.424. The first-order valence-corrected chi connectivity index (χ1v) is 4.09. The lowest BCUT2D eigenvalue weighted by atomic mass is 10.3. The number of imidazole rings is 1. The van der Waals surface area contributed by atoms with Gasteiger partial charge in [-0.15, -0.1) is 0 Å². The summed E-state index contributed by atoms with van der Waals surface area (Å²) in [5, 5.41) is 20.8. The zero-order valence-electron chi connectivity index (χ0n) is 7.66. The zero-order chi connectivity index (χ0) is 9.30. The molecule has 0 unspecified atom stereocenters. The number of hydrogen-bond acceptors (Lipinski definition) is 2. The van der Waals surface area contributed by atoms with Crippen molar-refractivity contribution >= 4 is 0 Å². The maximum atomic E-state index is 11.3. The van der Waals surface area contributed by atoms with E-state index in [1.807, 2.05) is 6.92 Å². The van der Waals surface area contributed by atoms with Crippen molar-refractivity contribution in [3.05, 3.63) is 22.4 Å². The lowest BCUT2D eigenvalue weighted by Gasteiger charge is -2.01. The van der Waals surface area contributed by atoms with Crippen molar-refractivity contribution in [3.63, 3.8) is 0 Å². The molecule has 0 saturated carbocycles. The Bertz CT molecular complexity index is 266. The summed E-state index contributed by atoms with van der Waals surface area (Å²) in [6.45, 7) is 5.40. The third-order valence-electron chi connectivity index (χ3n) is 2.10. The van der Waals surface area contributed by atoms with Crippen LogP contribution in [-0.4, -0.2) is 9.94 Å². The topological polar surface area (TPSA) is 52.1 Å². The molecule has 1 N–H and O–H groups in total. The van der Waals surface area contributed by atoms with Crippen molar-refractivity contribution in [2.24, 2.45) is 0 Å². The van der Waals surface area contributed by atoms with Crippen molar-refractivity contribution in [2.75, 3.05) is 0 Å². The molecule has 0 atom stereocenters. The number of rotatable bonds is 2. The highest BCUT2D eigenvalue weighted by Gasteiger charge is 2.20. The fraction of sp³-hybridized carbons (Fsp3) is 0.625. The summed E-state index contributed by atoms with van der Waals surface area (Å²) >= 11 is 0. The summed E-state index contributed by atoms with van der Waals surface area (Å²) in [6, 6.07) is 0. The highest BCUT2D eigenvalue weighted by Crippen LogP contribution is 2.06. The summed E-state index contributed by atoms with van der Waals surface area (Å²) < 4.78 is 1.77. The molecule has 0 fully saturated rings. The summed E-state index contributed by atoms with van der Waals surface area (Å²) in [5.41, 5.74) is 1.19. The van der Waals surface area contributed by atoms with Gasteiger partial charge in [-0.1, -0.05) is 6.92 Å². The van der Waals surface area contributed by atoms with E-state index in [4.69, 9.17) is 0 Å². The van der Waals surface area contributed by atoms with Gasteiger partial charge in [0.05, 0.1) is 6.42 Å². The van der Waals surface area contributed by atoms with Crippen LogP contribution in [0.3, 0.4) is 0 Å². The molecule has 1 aromatic rings. The SMILES string of the molecule is CCCc1n(O)c(C)c(C)[n+]1[O-]. The van der Waals surface area contributed by atoms with Gasteiger partial charge in [0.25, 0.3) is 5.82 Å². The highest BCUT2D eigenvalue weighted by atomic mass is 16.5. The summed E-state index contributed by atoms with van der Waals surface area (Å²) in [7, 11) is 0. The Morgan fingerprint density at radius 3 is 2.42 bits per heavy atom. The fourth-order valence-corrected chi connectivity index (χ4v) is 1.20. The van der Waals surface area contributed by atoms with Crippen molar-refractivity contribution in [1.29, 1.82) is 0 Å². The van der Waals surface area contributed by atoms with Gasteiger partial charge >= 0.3 is 0 Å². The van der Waals surface area contributed by atoms with Gasteiger partial charge in [0.2, 0.25) is 0 Å². The molecule has 68 valence electrons. The zero-order valence-corrected chi connectivity index (χ0v) is 7.66. The van der Waals surface area contributed by atoms with Crippen LogP contribution >= 0.6 is 0 Å². The van der Waals surface area contributed by atoms with E-state index >= 15 is 0 Å². The van der Waals surface area contributed by atoms with E-state index in [0.717, 1.165) is 15.9 Å². The maximum absolute atomic E-state index is 11.3. The average molecular weight is 170 g/mol. The number of nitrogens with zero attached hydrogens (tertiary/aromatic N) is 2. The summed E-state index contributed by atoms with van der Waals surface area (Å²) in [6.07, 6.45) is 1.46. The van der Waals surface area contributed by atoms with Crippen molar-refractivity contribution < 1.29 is 9.94 Å². The monoisotopic (exact) mass is 170 g/mol. The molecule has 0 saturated heterocycles. The third-order valence-corrected chi connectivity index (χ3v) is 2.10. The molecule has 0 radical (unpaired) electrons. The van der Waals surface area contributed by atoms with Gasteiger partial charge in [-0.05, 0) is 11.2 Å². The van der Waals surface area contributed by atoms with Crippen molar-refractivity contribution in [1.82, 2.24) is 4.73 Å². The van der Waals surface area contributed by atoms with Gasteiger partial charge in [0.1, 0.15) is 5.69 Å². The van der Waals surface area contributed by atoms with Crippen LogP contribution < -0.4 is 4.73 Å². The van der Waals surface area contributed by atoms with Crippen LogP contribution in [0.15, 0.2) is 0 Å². The molecule has 0 aliphatic heterocycles. The van der Waals surface area contributed by atoms with Gasteiger partial charge in [-0.2, -0.15) is 0 Å². The first-order valence-electron chi connectivity index (χ1n) is 4.09. The molecule has 4 heteroatoms. The Kier molecular flexibility index (Phi) is 2.26. The quantitative estimate of drug-likeness (QED) is 0.408. The molecule has 0 bridgehead atoms. The van der Waals surface area contributed by atoms with E-state index < -0.39 is 0 Å². The second-order valence-corrected chi connectivity index (χ2v) is 2.94. The minimum atomic E-state index is 0.424. The Morgan fingerprint density at radius 1 is 1.50 bits per heavy atom. The predicted molar refractivity (Wildman–Crippen MR) is 44.0 cm³/mol. The normalized spacial score (nSPS) is 10.6. The summed E-state index contributed by atoms with van der Waals surface area (Å²) in [4.78, 5) is 0. The molecule has 1 rings (SSSR count). The molecule has 0 amide bonds. The van der Waals surface area contributed by atoms with Gasteiger partial charge in [-0.3, -0.25) is 0 Å². The molecule has 0 aliphatic carbocycles. The average Bonchev–Trinajstić information content (AvgIpc) is 2.23. The molecule has 12 heavy (non-hydrogen) atoms. The van der Waals surface area contributed by atoms with Crippen molar-refractivity contribution in [2.45, 2.75) is 33.6 Å². The van der Waals surface area contributed by atoms with Gasteiger partial charge < -0.3 is 10.4 Å². The van der Waals surface area contributed by atoms with Crippen molar-refractivity contribution in [3.8, 4) is 0 Å². The molecule has 1 heterocycles. The lowest BCUT2D eigenvalue weighted by molar-refractivity contribution is -0.621. The van der Waals surface area contributed by atoms with E-state index in [1.54, 1.807) is 13.8 Å². The van der Waals surface area contributed by atoms with Gasteiger partial charge in [0.15, 0.2) is 5.69 Å². The molecular formula is C8H14N2O2. The minimum Gasteiger partial charge on any atom is -0.710 e. The molecule has 0 spiro atoms. The number of aromatic nitrogens is 2. The van der Waals surface area contributed by atoms with E-state index in [2.05, 4.69) is 0 Å². The Labute approximate surface area is 71.6 Å². The van der Waals surface area contributed by atoms with Crippen LogP contribution in [0.4, 0.5) is 0 Å². The fourth-order valence-electron chi connectivity index (χ4n) is 1.20. The van der Waals surface area contributed by atoms with E-state index in [0.29, 0.717) is 23.6 Å². The lowest BCUT2D eigenvalue weighted by Crippen LogP contribution is -2.33. The molecule has 4 nitrogen and oxygen atoms in total. The van der Waals surface area contributed by atoms with E-state index in [-0.39, 0.29) is 0 Å². The van der Waals surface area contributed by atoms with Crippen LogP contribution in [0.25, 0.3) is 0 Å². The third kappa shape index (κ3) is 1.13. The second kappa shape index (κ2) is 3.05. The van der Waals surface area contributed by atoms with Crippen LogP contribution in [0.5, 0.6) is 0 Å². The Morgan fingerprint density at radius 2 is 2.08 bits per heavy atom. The Hall–Kier alpha value is -1.19. The molecule has 1 aromatic heterocycles. The highest BCUT2D eigenvalue weighted by molar-refractivity contribution is 5.05.